The number of hydrogen-bond acceptors (Lipinski definition) is 4. The first-order chi connectivity index (χ1) is 12.6. The average Bonchev–Trinajstić information content (AvgIpc) is 2.66. The van der Waals surface area contributed by atoms with E-state index in [1.54, 1.807) is 12.0 Å². The predicted octanol–water partition coefficient (Wildman–Crippen LogP) is 4.30. The van der Waals surface area contributed by atoms with E-state index < -0.39 is 0 Å². The molecule has 0 atom stereocenters. The molecule has 3 rings (SSSR count). The minimum absolute atomic E-state index is 0.0871. The van der Waals surface area contributed by atoms with E-state index in [9.17, 15) is 4.79 Å². The van der Waals surface area contributed by atoms with Gasteiger partial charge < -0.3 is 9.64 Å². The Balaban J connectivity index is 1.67. The Labute approximate surface area is 158 Å². The van der Waals surface area contributed by atoms with Gasteiger partial charge in [0.25, 0.3) is 0 Å². The number of nitrogens with zero attached hydrogens (tertiary/aromatic N) is 2. The van der Waals surface area contributed by atoms with Gasteiger partial charge in [-0.25, -0.2) is 4.98 Å². The number of ether oxygens (including phenoxy) is 1. The van der Waals surface area contributed by atoms with E-state index in [-0.39, 0.29) is 5.91 Å². The second kappa shape index (κ2) is 8.23. The minimum atomic E-state index is 0.0871. The third-order valence-corrected chi connectivity index (χ3v) is 5.13. The first-order valence-electron chi connectivity index (χ1n) is 8.43. The molecule has 26 heavy (non-hydrogen) atoms. The van der Waals surface area contributed by atoms with Gasteiger partial charge in [-0.3, -0.25) is 4.79 Å². The highest BCUT2D eigenvalue weighted by Gasteiger charge is 2.11. The van der Waals surface area contributed by atoms with E-state index in [2.05, 4.69) is 11.9 Å². The number of thioether (sulfide) groups is 1. The standard InChI is InChI=1S/C21H22N2O2S/c1-15-11-20(22-19-12-17(25-3)9-10-18(15)19)26-14-21(24)23(2)13-16-7-5-4-6-8-16/h4-12H,13-14H2,1-3H3. The highest BCUT2D eigenvalue weighted by molar-refractivity contribution is 7.99. The maximum atomic E-state index is 12.4. The van der Waals surface area contributed by atoms with Crippen LogP contribution in [0.5, 0.6) is 5.75 Å². The van der Waals surface area contributed by atoms with Crippen LogP contribution in [0, 0.1) is 6.92 Å². The molecule has 0 N–H and O–H groups in total. The summed E-state index contributed by atoms with van der Waals surface area (Å²) in [6.45, 7) is 2.67. The molecule has 0 unspecified atom stereocenters. The first kappa shape index (κ1) is 18.3. The molecule has 0 bridgehead atoms. The van der Waals surface area contributed by atoms with Crippen molar-refractivity contribution in [2.45, 2.75) is 18.5 Å². The van der Waals surface area contributed by atoms with E-state index in [0.717, 1.165) is 32.8 Å². The number of pyridine rings is 1. The third kappa shape index (κ3) is 4.35. The lowest BCUT2D eigenvalue weighted by molar-refractivity contribution is -0.127. The number of carbonyl (C=O) groups excluding carboxylic acids is 1. The molecule has 3 aromatic rings. The van der Waals surface area contributed by atoms with Crippen LogP contribution in [0.2, 0.25) is 0 Å². The first-order valence-corrected chi connectivity index (χ1v) is 9.41. The molecule has 0 saturated carbocycles. The number of aromatic nitrogens is 1. The van der Waals surface area contributed by atoms with Gasteiger partial charge in [-0.1, -0.05) is 42.1 Å². The molecule has 1 aromatic heterocycles. The number of methoxy groups -OCH3 is 1. The van der Waals surface area contributed by atoms with Crippen LogP contribution in [-0.4, -0.2) is 35.7 Å². The molecule has 1 heterocycles. The Morgan fingerprint density at radius 2 is 1.92 bits per heavy atom. The summed E-state index contributed by atoms with van der Waals surface area (Å²) in [5.74, 6) is 1.24. The summed E-state index contributed by atoms with van der Waals surface area (Å²) < 4.78 is 5.28. The Morgan fingerprint density at radius 1 is 1.15 bits per heavy atom. The monoisotopic (exact) mass is 366 g/mol. The van der Waals surface area contributed by atoms with Crippen LogP contribution < -0.4 is 4.74 Å². The Morgan fingerprint density at radius 3 is 2.65 bits per heavy atom. The summed E-state index contributed by atoms with van der Waals surface area (Å²) in [7, 11) is 3.48. The topological polar surface area (TPSA) is 42.4 Å². The zero-order valence-electron chi connectivity index (χ0n) is 15.2. The Kier molecular flexibility index (Phi) is 5.78. The van der Waals surface area contributed by atoms with Crippen molar-refractivity contribution in [3.63, 3.8) is 0 Å². The van der Waals surface area contributed by atoms with Gasteiger partial charge in [-0.2, -0.15) is 0 Å². The maximum Gasteiger partial charge on any atom is 0.233 e. The number of fused-ring (bicyclic) bond motifs is 1. The van der Waals surface area contributed by atoms with Crippen LogP contribution in [0.4, 0.5) is 0 Å². The summed E-state index contributed by atoms with van der Waals surface area (Å²) in [4.78, 5) is 18.8. The van der Waals surface area contributed by atoms with E-state index in [1.807, 2.05) is 61.6 Å². The number of carbonyl (C=O) groups is 1. The van der Waals surface area contributed by atoms with Crippen molar-refractivity contribution < 1.29 is 9.53 Å². The quantitative estimate of drug-likeness (QED) is 0.610. The van der Waals surface area contributed by atoms with Crippen molar-refractivity contribution in [3.8, 4) is 5.75 Å². The molecule has 0 aliphatic carbocycles. The minimum Gasteiger partial charge on any atom is -0.497 e. The number of benzene rings is 2. The van der Waals surface area contributed by atoms with Crippen LogP contribution in [0.1, 0.15) is 11.1 Å². The molecular weight excluding hydrogens is 344 g/mol. The van der Waals surface area contributed by atoms with E-state index in [1.165, 1.54) is 11.8 Å². The maximum absolute atomic E-state index is 12.4. The van der Waals surface area contributed by atoms with Crippen LogP contribution >= 0.6 is 11.8 Å². The number of hydrogen-bond donors (Lipinski definition) is 0. The predicted molar refractivity (Wildman–Crippen MR) is 107 cm³/mol. The van der Waals surface area contributed by atoms with Gasteiger partial charge in [0.1, 0.15) is 5.75 Å². The molecule has 5 heteroatoms. The zero-order valence-corrected chi connectivity index (χ0v) is 16.0. The number of amides is 1. The van der Waals surface area contributed by atoms with Crippen molar-refractivity contribution in [1.29, 1.82) is 0 Å². The number of aryl methyl sites for hydroxylation is 1. The van der Waals surface area contributed by atoms with E-state index in [0.29, 0.717) is 12.3 Å². The van der Waals surface area contributed by atoms with Gasteiger partial charge in [-0.15, -0.1) is 0 Å². The highest BCUT2D eigenvalue weighted by atomic mass is 32.2. The lowest BCUT2D eigenvalue weighted by atomic mass is 10.1. The molecule has 134 valence electrons. The lowest BCUT2D eigenvalue weighted by Gasteiger charge is -2.17. The third-order valence-electron chi connectivity index (χ3n) is 4.23. The summed E-state index contributed by atoms with van der Waals surface area (Å²) in [6, 6.07) is 17.9. The van der Waals surface area contributed by atoms with Crippen LogP contribution in [0.3, 0.4) is 0 Å². The van der Waals surface area contributed by atoms with Crippen LogP contribution in [0.15, 0.2) is 59.6 Å². The molecule has 4 nitrogen and oxygen atoms in total. The largest absolute Gasteiger partial charge is 0.497 e. The van der Waals surface area contributed by atoms with Gasteiger partial charge >= 0.3 is 0 Å². The summed E-state index contributed by atoms with van der Waals surface area (Å²) in [5.41, 5.74) is 3.15. The highest BCUT2D eigenvalue weighted by Crippen LogP contribution is 2.26. The summed E-state index contributed by atoms with van der Waals surface area (Å²) >= 11 is 1.47. The molecule has 0 aliphatic heterocycles. The van der Waals surface area contributed by atoms with Crippen molar-refractivity contribution in [3.05, 3.63) is 65.7 Å². The van der Waals surface area contributed by atoms with Crippen LogP contribution in [0.25, 0.3) is 10.9 Å². The van der Waals surface area contributed by atoms with Crippen LogP contribution in [-0.2, 0) is 11.3 Å². The Bertz CT molecular complexity index is 913. The molecule has 2 aromatic carbocycles. The van der Waals surface area contributed by atoms with Crippen molar-refractivity contribution in [2.24, 2.45) is 0 Å². The van der Waals surface area contributed by atoms with Gasteiger partial charge in [-0.05, 0) is 36.2 Å². The molecule has 0 aliphatic rings. The zero-order chi connectivity index (χ0) is 18.5. The fraction of sp³-hybridized carbons (Fsp3) is 0.238. The van der Waals surface area contributed by atoms with Gasteiger partial charge in [0.2, 0.25) is 5.91 Å². The Hall–Kier alpha value is -2.53. The molecule has 0 spiro atoms. The van der Waals surface area contributed by atoms with E-state index in [4.69, 9.17) is 4.74 Å². The second-order valence-corrected chi connectivity index (χ2v) is 7.18. The van der Waals surface area contributed by atoms with Crippen molar-refractivity contribution in [1.82, 2.24) is 9.88 Å². The normalized spacial score (nSPS) is 10.7. The van der Waals surface area contributed by atoms with Gasteiger partial charge in [0.05, 0.1) is 23.4 Å². The van der Waals surface area contributed by atoms with E-state index >= 15 is 0 Å². The van der Waals surface area contributed by atoms with Crippen molar-refractivity contribution >= 4 is 28.6 Å². The van der Waals surface area contributed by atoms with Gasteiger partial charge in [0.15, 0.2) is 0 Å². The number of rotatable bonds is 6. The molecule has 0 saturated heterocycles. The molecule has 1 amide bonds. The molecule has 0 radical (unpaired) electrons. The SMILES string of the molecule is COc1ccc2c(C)cc(SCC(=O)N(C)Cc3ccccc3)nc2c1. The summed E-state index contributed by atoms with van der Waals surface area (Å²) in [5, 5.41) is 1.95. The molecule has 0 fully saturated rings. The van der Waals surface area contributed by atoms with Crippen molar-refractivity contribution in [2.75, 3.05) is 19.9 Å². The second-order valence-electron chi connectivity index (χ2n) is 6.18. The lowest BCUT2D eigenvalue weighted by Crippen LogP contribution is -2.27. The average molecular weight is 366 g/mol. The smallest absolute Gasteiger partial charge is 0.233 e. The fourth-order valence-electron chi connectivity index (χ4n) is 2.74. The summed E-state index contributed by atoms with van der Waals surface area (Å²) in [6.07, 6.45) is 0. The fourth-order valence-corrected chi connectivity index (χ4v) is 3.66. The van der Waals surface area contributed by atoms with Gasteiger partial charge in [0, 0.05) is 25.0 Å². The molecular formula is C21H22N2O2S.